The summed E-state index contributed by atoms with van der Waals surface area (Å²) in [4.78, 5) is 2.08. The van der Waals surface area contributed by atoms with E-state index in [9.17, 15) is 0 Å². The maximum absolute atomic E-state index is 7.88. The smallest absolute Gasteiger partial charge is 0.285 e. The van der Waals surface area contributed by atoms with E-state index in [0.29, 0.717) is 12.1 Å². The second kappa shape index (κ2) is 5.49. The summed E-state index contributed by atoms with van der Waals surface area (Å²) in [5.74, 6) is 0. The molecular weight excluding hydrogens is 316 g/mol. The summed E-state index contributed by atoms with van der Waals surface area (Å²) in [5.41, 5.74) is 1.08. The van der Waals surface area contributed by atoms with Crippen LogP contribution >= 0.6 is 28.6 Å². The highest BCUT2D eigenvalue weighted by Crippen LogP contribution is 2.37. The van der Waals surface area contributed by atoms with Crippen LogP contribution in [0.1, 0.15) is 30.9 Å². The van der Waals surface area contributed by atoms with E-state index in [2.05, 4.69) is 4.90 Å². The number of hydrogen-bond donors (Lipinski definition) is 1. The Morgan fingerprint density at radius 3 is 2.94 bits per heavy atom. The number of hydrogen-bond acceptors (Lipinski definition) is 2. The predicted molar refractivity (Wildman–Crippen MR) is 77.7 cm³/mol. The molecule has 1 aromatic carbocycles. The monoisotopic (exact) mass is 330 g/mol. The van der Waals surface area contributed by atoms with Crippen molar-refractivity contribution in [3.05, 3.63) is 34.9 Å². The summed E-state index contributed by atoms with van der Waals surface area (Å²) in [6, 6.07) is 8.41. The van der Waals surface area contributed by atoms with E-state index in [1.807, 2.05) is 24.3 Å². The molecule has 3 nitrogen and oxygen atoms in total. The van der Waals surface area contributed by atoms with E-state index >= 15 is 0 Å². The summed E-state index contributed by atoms with van der Waals surface area (Å²) in [5, 5.41) is 8.61. The number of halogens is 2. The molecule has 0 radical (unpaired) electrons. The second-order valence-corrected chi connectivity index (χ2v) is 5.09. The van der Waals surface area contributed by atoms with E-state index in [1.165, 1.54) is 6.42 Å². The molecule has 18 heavy (non-hydrogen) atoms. The molecular formula is C13H16BrClN2O. The first-order valence-corrected chi connectivity index (χ1v) is 6.41. The van der Waals surface area contributed by atoms with Crippen molar-refractivity contribution in [3.8, 4) is 0 Å². The van der Waals surface area contributed by atoms with E-state index < -0.39 is 0 Å². The number of benzene rings is 1. The molecule has 1 N–H and O–H groups in total. The Morgan fingerprint density at radius 2 is 2.17 bits per heavy atom. The molecule has 2 unspecified atom stereocenters. The van der Waals surface area contributed by atoms with Crippen LogP contribution in [0.5, 0.6) is 0 Å². The zero-order valence-corrected chi connectivity index (χ0v) is 12.4. The molecule has 2 aliphatic heterocycles. The maximum Gasteiger partial charge on any atom is 0.285 e. The molecule has 0 aromatic heterocycles. The first-order valence-electron chi connectivity index (χ1n) is 6.03. The highest BCUT2D eigenvalue weighted by molar-refractivity contribution is 8.93. The van der Waals surface area contributed by atoms with Gasteiger partial charge in [-0.05, 0) is 37.0 Å². The van der Waals surface area contributed by atoms with Crippen LogP contribution in [-0.2, 0) is 4.74 Å². The fourth-order valence-corrected chi connectivity index (χ4v) is 2.96. The Morgan fingerprint density at radius 1 is 1.33 bits per heavy atom. The molecule has 2 heterocycles. The molecule has 1 aromatic rings. The predicted octanol–water partition coefficient (Wildman–Crippen LogP) is 3.78. The third-order valence-electron chi connectivity index (χ3n) is 3.58. The van der Waals surface area contributed by atoms with Crippen molar-refractivity contribution in [3.63, 3.8) is 0 Å². The maximum atomic E-state index is 7.88. The van der Waals surface area contributed by atoms with Gasteiger partial charge in [-0.15, -0.1) is 17.0 Å². The zero-order chi connectivity index (χ0) is 11.8. The fraction of sp³-hybridized carbons (Fsp3) is 0.462. The molecule has 0 aliphatic carbocycles. The molecule has 2 saturated heterocycles. The Bertz CT molecular complexity index is 454. The quantitative estimate of drug-likeness (QED) is 0.850. The topological polar surface area (TPSA) is 36.3 Å². The van der Waals surface area contributed by atoms with Crippen LogP contribution in [0, 0.1) is 5.41 Å². The van der Waals surface area contributed by atoms with Gasteiger partial charge in [0.05, 0.1) is 6.04 Å². The van der Waals surface area contributed by atoms with Crippen LogP contribution in [0.2, 0.25) is 5.02 Å². The Labute approximate surface area is 122 Å². The van der Waals surface area contributed by atoms with Crippen molar-refractivity contribution in [1.29, 1.82) is 5.41 Å². The van der Waals surface area contributed by atoms with Crippen LogP contribution in [-0.4, -0.2) is 23.5 Å². The van der Waals surface area contributed by atoms with Gasteiger partial charge >= 0.3 is 0 Å². The Balaban J connectivity index is 0.00000120. The average Bonchev–Trinajstić information content (AvgIpc) is 2.68. The van der Waals surface area contributed by atoms with Crippen molar-refractivity contribution in [2.75, 3.05) is 6.54 Å². The lowest BCUT2D eigenvalue weighted by Crippen LogP contribution is -2.38. The first kappa shape index (κ1) is 13.7. The number of ether oxygens (including phenoxy) is 1. The number of rotatable bonds is 1. The molecule has 0 saturated carbocycles. The molecule has 3 rings (SSSR count). The van der Waals surface area contributed by atoms with Gasteiger partial charge in [-0.2, -0.15) is 0 Å². The summed E-state index contributed by atoms with van der Waals surface area (Å²) >= 11 is 6.01. The van der Waals surface area contributed by atoms with Gasteiger partial charge in [0.25, 0.3) is 6.02 Å². The normalized spacial score (nSPS) is 26.3. The third-order valence-corrected chi connectivity index (χ3v) is 3.81. The Kier molecular flexibility index (Phi) is 4.17. The highest BCUT2D eigenvalue weighted by Gasteiger charge is 2.41. The average molecular weight is 332 g/mol. The summed E-state index contributed by atoms with van der Waals surface area (Å²) < 4.78 is 5.70. The molecule has 5 heteroatoms. The molecule has 98 valence electrons. The first-order chi connectivity index (χ1) is 8.25. The van der Waals surface area contributed by atoms with Crippen LogP contribution in [0.3, 0.4) is 0 Å². The lowest BCUT2D eigenvalue weighted by molar-refractivity contribution is 0.167. The minimum absolute atomic E-state index is 0. The summed E-state index contributed by atoms with van der Waals surface area (Å²) in [6.45, 7) is 0.945. The van der Waals surface area contributed by atoms with Crippen LogP contribution in [0.25, 0.3) is 0 Å². The molecule has 2 fully saturated rings. The van der Waals surface area contributed by atoms with Crippen LogP contribution in [0.15, 0.2) is 24.3 Å². The third kappa shape index (κ3) is 2.36. The molecule has 0 amide bonds. The number of fused-ring (bicyclic) bond motifs is 1. The molecule has 0 bridgehead atoms. The van der Waals surface area contributed by atoms with Crippen molar-refractivity contribution >= 4 is 34.6 Å². The van der Waals surface area contributed by atoms with Crippen LogP contribution in [0.4, 0.5) is 0 Å². The molecule has 2 aliphatic rings. The van der Waals surface area contributed by atoms with E-state index in [4.69, 9.17) is 21.7 Å². The fourth-order valence-electron chi connectivity index (χ4n) is 2.76. The van der Waals surface area contributed by atoms with E-state index in [-0.39, 0.29) is 23.1 Å². The minimum atomic E-state index is -0.0264. The van der Waals surface area contributed by atoms with Crippen molar-refractivity contribution < 1.29 is 4.74 Å². The van der Waals surface area contributed by atoms with Gasteiger partial charge in [-0.3, -0.25) is 5.41 Å². The van der Waals surface area contributed by atoms with Gasteiger partial charge in [-0.25, -0.2) is 0 Å². The number of amidine groups is 1. The zero-order valence-electron chi connectivity index (χ0n) is 9.93. The van der Waals surface area contributed by atoms with Gasteiger partial charge in [0.2, 0.25) is 0 Å². The van der Waals surface area contributed by atoms with Crippen molar-refractivity contribution in [2.45, 2.75) is 31.4 Å². The Hall–Kier alpha value is -0.740. The van der Waals surface area contributed by atoms with Gasteiger partial charge in [0, 0.05) is 11.6 Å². The summed E-state index contributed by atoms with van der Waals surface area (Å²) in [7, 11) is 0. The van der Waals surface area contributed by atoms with E-state index in [1.54, 1.807) is 0 Å². The largest absolute Gasteiger partial charge is 0.455 e. The lowest BCUT2D eigenvalue weighted by atomic mass is 9.94. The number of piperidine rings is 1. The van der Waals surface area contributed by atoms with Crippen molar-refractivity contribution in [1.82, 2.24) is 4.90 Å². The van der Waals surface area contributed by atoms with E-state index in [0.717, 1.165) is 30.0 Å². The minimum Gasteiger partial charge on any atom is -0.455 e. The van der Waals surface area contributed by atoms with Gasteiger partial charge < -0.3 is 9.64 Å². The summed E-state index contributed by atoms with van der Waals surface area (Å²) in [6.07, 6.45) is 3.44. The van der Waals surface area contributed by atoms with Gasteiger partial charge in [0.1, 0.15) is 6.10 Å². The van der Waals surface area contributed by atoms with Gasteiger partial charge in [0.15, 0.2) is 0 Å². The SMILES string of the molecule is Br.N=C1OC(c2cccc(Cl)c2)C2CCCCN12. The number of nitrogens with zero attached hydrogens (tertiary/aromatic N) is 1. The molecule has 2 atom stereocenters. The lowest BCUT2D eigenvalue weighted by Gasteiger charge is -2.29. The standard InChI is InChI=1S/C13H15ClN2O.BrH/c14-10-5-3-4-9(8-10)12-11-6-1-2-7-16(11)13(15)17-12;/h3-5,8,11-12,15H,1-2,6-7H2;1H. The highest BCUT2D eigenvalue weighted by atomic mass is 79.9. The van der Waals surface area contributed by atoms with Crippen LogP contribution < -0.4 is 0 Å². The van der Waals surface area contributed by atoms with Crippen molar-refractivity contribution in [2.24, 2.45) is 0 Å². The van der Waals surface area contributed by atoms with Gasteiger partial charge in [-0.1, -0.05) is 23.7 Å². The second-order valence-electron chi connectivity index (χ2n) is 4.66. The molecule has 0 spiro atoms. The number of nitrogens with one attached hydrogen (secondary N) is 1.